The van der Waals surface area contributed by atoms with Gasteiger partial charge < -0.3 is 19.6 Å². The van der Waals surface area contributed by atoms with Gasteiger partial charge in [0.05, 0.1) is 27.0 Å². The Morgan fingerprint density at radius 1 is 0.195 bits per heavy atom. The minimum absolute atomic E-state index is 0.510. The Balaban J connectivity index is 0.000000146. The van der Waals surface area contributed by atoms with E-state index in [9.17, 15) is 0 Å². The van der Waals surface area contributed by atoms with Crippen LogP contribution < -0.4 is 30.0 Å². The first-order valence-electron chi connectivity index (χ1n) is 45.0. The van der Waals surface area contributed by atoms with Gasteiger partial charge in [0.25, 0.3) is 0 Å². The number of aryl methyl sites for hydroxylation is 2. The quantitative estimate of drug-likeness (QED) is 0.101. The van der Waals surface area contributed by atoms with Crippen molar-refractivity contribution < 1.29 is 0 Å². The maximum atomic E-state index is 2.53. The molecule has 20 aromatic carbocycles. The van der Waals surface area contributed by atoms with Gasteiger partial charge in [-0.2, -0.15) is 0 Å². The van der Waals surface area contributed by atoms with Gasteiger partial charge in [0.1, 0.15) is 0 Å². The zero-order valence-corrected chi connectivity index (χ0v) is 75.4. The van der Waals surface area contributed by atoms with E-state index >= 15 is 0 Å². The van der Waals surface area contributed by atoms with E-state index in [4.69, 9.17) is 0 Å². The van der Waals surface area contributed by atoms with Crippen molar-refractivity contribution in [2.75, 3.05) is 19.6 Å². The van der Waals surface area contributed by atoms with Gasteiger partial charge in [0.2, 0.25) is 0 Å². The lowest BCUT2D eigenvalue weighted by molar-refractivity contribution is 0.802. The van der Waals surface area contributed by atoms with E-state index in [2.05, 4.69) is 510 Å². The summed E-state index contributed by atoms with van der Waals surface area (Å²) in [6.07, 6.45) is 0. The van der Waals surface area contributed by atoms with E-state index in [1.54, 1.807) is 0 Å². The van der Waals surface area contributed by atoms with Crippen LogP contribution in [0.4, 0.5) is 68.2 Å². The molecular formula is C122H96N4Si2. The number of anilines is 12. The number of fused-ring (bicyclic) bond motifs is 26. The Morgan fingerprint density at radius 2 is 0.531 bits per heavy atom. The molecule has 4 aliphatic rings. The van der Waals surface area contributed by atoms with Gasteiger partial charge >= 0.3 is 0 Å². The molecule has 0 saturated carbocycles. The third-order valence-corrected chi connectivity index (χ3v) is 31.7. The molecule has 20 aromatic rings. The zero-order valence-electron chi connectivity index (χ0n) is 73.4. The highest BCUT2D eigenvalue weighted by Gasteiger charge is 2.55. The molecule has 128 heavy (non-hydrogen) atoms. The van der Waals surface area contributed by atoms with Crippen LogP contribution in [-0.2, 0) is 10.8 Å². The lowest BCUT2D eigenvalue weighted by Crippen LogP contribution is -2.40. The van der Waals surface area contributed by atoms with Crippen LogP contribution >= 0.6 is 0 Å². The van der Waals surface area contributed by atoms with E-state index in [1.807, 2.05) is 0 Å². The summed E-state index contributed by atoms with van der Waals surface area (Å²) in [7, 11) is -3.28. The molecule has 0 heterocycles. The number of nitrogens with zero attached hydrogens (tertiary/aromatic N) is 4. The van der Waals surface area contributed by atoms with Crippen molar-refractivity contribution in [1.29, 1.82) is 0 Å². The van der Waals surface area contributed by atoms with Crippen LogP contribution in [0.25, 0.3) is 87.6 Å². The molecular weight excluding hydrogens is 1580 g/mol. The predicted octanol–water partition coefficient (Wildman–Crippen LogP) is 32.3. The molecule has 0 aliphatic heterocycles. The van der Waals surface area contributed by atoms with Crippen molar-refractivity contribution in [2.45, 2.75) is 64.0 Å². The van der Waals surface area contributed by atoms with E-state index < -0.39 is 27.0 Å². The molecule has 0 aromatic heterocycles. The van der Waals surface area contributed by atoms with Gasteiger partial charge in [-0.1, -0.05) is 324 Å². The smallest absolute Gasteiger partial charge is 0.0803 e. The van der Waals surface area contributed by atoms with Gasteiger partial charge in [-0.15, -0.1) is 0 Å². The summed E-state index contributed by atoms with van der Waals surface area (Å²) in [6, 6.07) is 164. The van der Waals surface area contributed by atoms with E-state index in [-0.39, 0.29) is 0 Å². The summed E-state index contributed by atoms with van der Waals surface area (Å²) < 4.78 is 0. The van der Waals surface area contributed by atoms with Gasteiger partial charge in [-0.3, -0.25) is 0 Å². The number of hydrogen-bond donors (Lipinski definition) is 0. The number of benzene rings is 20. The third kappa shape index (κ3) is 12.4. The van der Waals surface area contributed by atoms with Gasteiger partial charge in [0, 0.05) is 68.2 Å². The van der Waals surface area contributed by atoms with Crippen molar-refractivity contribution >= 4 is 138 Å². The second kappa shape index (κ2) is 30.5. The molecule has 0 N–H and O–H groups in total. The first kappa shape index (κ1) is 77.8. The summed E-state index contributed by atoms with van der Waals surface area (Å²) in [4.78, 5) is 9.69. The molecule has 0 saturated heterocycles. The molecule has 4 aliphatic carbocycles. The summed E-state index contributed by atoms with van der Waals surface area (Å²) in [5, 5.41) is 12.9. The minimum Gasteiger partial charge on any atom is -0.311 e. The Hall–Kier alpha value is -14.9. The number of hydrogen-bond acceptors (Lipinski definition) is 4. The van der Waals surface area contributed by atoms with E-state index in [0.29, 0.717) is 0 Å². The molecule has 0 fully saturated rings. The van der Waals surface area contributed by atoms with Crippen molar-refractivity contribution in [3.63, 3.8) is 0 Å². The van der Waals surface area contributed by atoms with Crippen LogP contribution in [0, 0.1) is 13.8 Å². The maximum Gasteiger partial charge on any atom is 0.0803 e. The zero-order chi connectivity index (χ0) is 86.3. The first-order valence-corrected chi connectivity index (χ1v) is 52.0. The Labute approximate surface area is 752 Å². The standard InChI is InChI=1S/2C61H48N2Si/c1-41-19-11-16-28-57(41)62(45-20-7-5-8-21-45)47-33-31-42-39-53-52-35-32-43-37-48(63(46-22-9-6-10-23-46)58-29-17-18-30-59(58)64(2,3)4)34-36-49(43)60(52)61(56(53)40-44(42)38-47)54-26-14-12-24-50(54)51-25-13-15-27-55(51)61;1-41-17-15-22-47(35-41)62(45-18-7-5-8-19-45)50-32-34-52-43(36-50)30-33-55-56-38-42-29-31-49(63(46-20-9-6-10-21-46)48-23-16-24-51(40-48)64(2,3)4)37-44(42)39-59(56)61(60(52)55)57-27-13-11-25-53(57)54-26-12-14-28-58(54)61/h2*5-40H,1-4H3. The second-order valence-corrected chi connectivity index (χ2v) is 47.3. The van der Waals surface area contributed by atoms with Crippen molar-refractivity contribution in [1.82, 2.24) is 0 Å². The fourth-order valence-corrected chi connectivity index (χ4v) is 24.7. The SMILES string of the molecule is Cc1cccc(N(c2ccccc2)c2ccc3c4c(ccc3c2)-c2cc3ccc(N(c5ccccc5)c5cccc([Si](C)(C)C)c5)cc3cc2C42c3ccccc3-c3ccccc32)c1.Cc1ccccc1N(c1ccccc1)c1ccc2cc3c(cc2c1)C1(c2ccccc2-c2ccccc21)c1c-3ccc2cc(N(c3ccccc3)c3ccccc3[Si](C)(C)C)ccc12. The molecule has 0 radical (unpaired) electrons. The van der Waals surface area contributed by atoms with Crippen LogP contribution in [0.5, 0.6) is 0 Å². The first-order chi connectivity index (χ1) is 62.6. The molecule has 0 amide bonds. The second-order valence-electron chi connectivity index (χ2n) is 37.2. The Kier molecular flexibility index (Phi) is 18.5. The van der Waals surface area contributed by atoms with Crippen molar-refractivity contribution in [3.05, 3.63) is 492 Å². The average Bonchev–Trinajstić information content (AvgIpc) is 1.50. The number of para-hydroxylation sites is 6. The molecule has 2 spiro atoms. The summed E-state index contributed by atoms with van der Waals surface area (Å²) in [6.45, 7) is 19.0. The monoisotopic (exact) mass is 1670 g/mol. The van der Waals surface area contributed by atoms with E-state index in [0.717, 1.165) is 51.2 Å². The minimum atomic E-state index is -1.71. The molecule has 24 rings (SSSR count). The van der Waals surface area contributed by atoms with Crippen LogP contribution in [0.2, 0.25) is 39.3 Å². The lowest BCUT2D eigenvalue weighted by atomic mass is 9.69. The van der Waals surface area contributed by atoms with Crippen molar-refractivity contribution in [2.24, 2.45) is 0 Å². The highest BCUT2D eigenvalue weighted by atomic mass is 28.3. The molecule has 6 heteroatoms. The van der Waals surface area contributed by atoms with Crippen LogP contribution in [0.15, 0.2) is 437 Å². The summed E-state index contributed by atoms with van der Waals surface area (Å²) in [5.41, 5.74) is 36.7. The highest BCUT2D eigenvalue weighted by molar-refractivity contribution is 6.90. The fourth-order valence-electron chi connectivity index (χ4n) is 22.0. The molecule has 0 unspecified atom stereocenters. The predicted molar refractivity (Wildman–Crippen MR) is 550 cm³/mol. The van der Waals surface area contributed by atoms with Gasteiger partial charge in [-0.25, -0.2) is 0 Å². The molecule has 612 valence electrons. The van der Waals surface area contributed by atoms with Gasteiger partial charge in [0.15, 0.2) is 0 Å². The number of rotatable bonds is 14. The molecule has 0 atom stereocenters. The molecule has 4 nitrogen and oxygen atoms in total. The lowest BCUT2D eigenvalue weighted by Gasteiger charge is -2.33. The normalized spacial score (nSPS) is 13.1. The fraction of sp³-hybridized carbons (Fsp3) is 0.0820. The van der Waals surface area contributed by atoms with Crippen LogP contribution in [0.3, 0.4) is 0 Å². The van der Waals surface area contributed by atoms with Crippen LogP contribution in [0.1, 0.15) is 55.6 Å². The Morgan fingerprint density at radius 3 is 0.961 bits per heavy atom. The van der Waals surface area contributed by atoms with E-state index in [1.165, 1.54) is 171 Å². The topological polar surface area (TPSA) is 13.0 Å². The highest BCUT2D eigenvalue weighted by Crippen LogP contribution is 2.67. The maximum absolute atomic E-state index is 2.53. The van der Waals surface area contributed by atoms with Crippen molar-refractivity contribution in [3.8, 4) is 44.5 Å². The molecule has 0 bridgehead atoms. The average molecular weight is 1670 g/mol. The summed E-state index contributed by atoms with van der Waals surface area (Å²) >= 11 is 0. The third-order valence-electron chi connectivity index (χ3n) is 27.6. The Bertz CT molecular complexity index is 7750. The largest absolute Gasteiger partial charge is 0.311 e. The van der Waals surface area contributed by atoms with Gasteiger partial charge in [-0.05, 0) is 320 Å². The summed E-state index contributed by atoms with van der Waals surface area (Å²) in [5.74, 6) is 0. The van der Waals surface area contributed by atoms with Crippen LogP contribution in [-0.4, -0.2) is 16.1 Å².